The first-order valence-electron chi connectivity index (χ1n) is 9.60. The Morgan fingerprint density at radius 3 is 2.33 bits per heavy atom. The molecule has 27 heavy (non-hydrogen) atoms. The first-order chi connectivity index (χ1) is 12.9. The lowest BCUT2D eigenvalue weighted by atomic mass is 9.85. The Labute approximate surface area is 161 Å². The molecule has 0 heterocycles. The van der Waals surface area contributed by atoms with Crippen molar-refractivity contribution in [1.82, 2.24) is 20.4 Å². The summed E-state index contributed by atoms with van der Waals surface area (Å²) < 4.78 is 0. The minimum Gasteiger partial charge on any atom is -0.480 e. The quantitative estimate of drug-likeness (QED) is 0.577. The van der Waals surface area contributed by atoms with Gasteiger partial charge in [0.1, 0.15) is 0 Å². The van der Waals surface area contributed by atoms with Gasteiger partial charge in [0.25, 0.3) is 0 Å². The van der Waals surface area contributed by atoms with Crippen LogP contribution >= 0.6 is 0 Å². The van der Waals surface area contributed by atoms with E-state index in [9.17, 15) is 9.59 Å². The van der Waals surface area contributed by atoms with Gasteiger partial charge < -0.3 is 20.6 Å². The van der Waals surface area contributed by atoms with Crippen LogP contribution in [0.1, 0.15) is 30.9 Å². The number of aliphatic carboxylic acids is 1. The summed E-state index contributed by atoms with van der Waals surface area (Å²) in [7, 11) is 4.13. The Bertz CT molecular complexity index is 612. The first-order valence-corrected chi connectivity index (χ1v) is 9.60. The number of rotatable bonds is 10. The summed E-state index contributed by atoms with van der Waals surface area (Å²) in [6.45, 7) is 4.24. The molecule has 2 amide bonds. The van der Waals surface area contributed by atoms with Crippen LogP contribution in [0.3, 0.4) is 0 Å². The lowest BCUT2D eigenvalue weighted by molar-refractivity contribution is -0.139. The molecule has 0 aromatic heterocycles. The third-order valence-corrected chi connectivity index (χ3v) is 5.03. The molecule has 0 aliphatic heterocycles. The molecule has 0 bridgehead atoms. The van der Waals surface area contributed by atoms with Crippen molar-refractivity contribution in [2.24, 2.45) is 0 Å². The molecule has 1 aromatic rings. The number of hydrogen-bond acceptors (Lipinski definition) is 4. The second kappa shape index (κ2) is 10.3. The van der Waals surface area contributed by atoms with Crippen LogP contribution in [0, 0.1) is 0 Å². The van der Waals surface area contributed by atoms with Gasteiger partial charge in [0.05, 0.1) is 6.54 Å². The predicted molar refractivity (Wildman–Crippen MR) is 106 cm³/mol. The van der Waals surface area contributed by atoms with Crippen molar-refractivity contribution in [3.63, 3.8) is 0 Å². The van der Waals surface area contributed by atoms with E-state index >= 15 is 0 Å². The third-order valence-electron chi connectivity index (χ3n) is 5.03. The van der Waals surface area contributed by atoms with E-state index in [2.05, 4.69) is 53.9 Å². The Hall–Kier alpha value is -2.12. The average Bonchev–Trinajstić information content (AvgIpc) is 2.59. The molecule has 7 heteroatoms. The van der Waals surface area contributed by atoms with E-state index in [1.807, 2.05) is 11.8 Å². The number of likely N-dealkylation sites (N-methyl/N-ethyl adjacent to an activating group) is 2. The maximum atomic E-state index is 12.1. The van der Waals surface area contributed by atoms with E-state index in [0.29, 0.717) is 13.1 Å². The van der Waals surface area contributed by atoms with Crippen molar-refractivity contribution in [2.45, 2.75) is 44.8 Å². The molecule has 0 spiro atoms. The molecule has 1 saturated carbocycles. The number of amides is 2. The van der Waals surface area contributed by atoms with Gasteiger partial charge in [-0.2, -0.15) is 0 Å². The number of benzene rings is 1. The second-order valence-corrected chi connectivity index (χ2v) is 7.48. The Morgan fingerprint density at radius 2 is 1.78 bits per heavy atom. The molecule has 1 aliphatic rings. The summed E-state index contributed by atoms with van der Waals surface area (Å²) in [6, 6.07) is 8.51. The third kappa shape index (κ3) is 7.19. The zero-order chi connectivity index (χ0) is 19.8. The topological polar surface area (TPSA) is 84.9 Å². The number of carboxylic acids is 1. The monoisotopic (exact) mass is 376 g/mol. The van der Waals surface area contributed by atoms with Gasteiger partial charge in [-0.05, 0) is 51.0 Å². The summed E-state index contributed by atoms with van der Waals surface area (Å²) in [5, 5.41) is 14.8. The van der Waals surface area contributed by atoms with Crippen molar-refractivity contribution in [3.05, 3.63) is 35.4 Å². The highest BCUT2D eigenvalue weighted by molar-refractivity contribution is 5.74. The highest BCUT2D eigenvalue weighted by Crippen LogP contribution is 2.25. The smallest absolute Gasteiger partial charge is 0.317 e. The molecule has 0 unspecified atom stereocenters. The van der Waals surface area contributed by atoms with Gasteiger partial charge in [-0.15, -0.1) is 0 Å². The molecule has 1 fully saturated rings. The van der Waals surface area contributed by atoms with E-state index in [1.54, 1.807) is 0 Å². The van der Waals surface area contributed by atoms with Crippen LogP contribution in [0.5, 0.6) is 0 Å². The fourth-order valence-corrected chi connectivity index (χ4v) is 3.27. The van der Waals surface area contributed by atoms with Crippen LogP contribution in [0.2, 0.25) is 0 Å². The number of carbonyl (C=O) groups is 2. The fraction of sp³-hybridized carbons (Fsp3) is 0.600. The zero-order valence-corrected chi connectivity index (χ0v) is 16.6. The molecule has 3 N–H and O–H groups in total. The van der Waals surface area contributed by atoms with Gasteiger partial charge in [0.2, 0.25) is 0 Å². The molecule has 0 atom stereocenters. The summed E-state index contributed by atoms with van der Waals surface area (Å²) >= 11 is 0. The van der Waals surface area contributed by atoms with Crippen LogP contribution in [0.25, 0.3) is 0 Å². The van der Waals surface area contributed by atoms with Crippen LogP contribution in [0.15, 0.2) is 24.3 Å². The van der Waals surface area contributed by atoms with Gasteiger partial charge >= 0.3 is 12.0 Å². The Morgan fingerprint density at radius 1 is 1.15 bits per heavy atom. The number of hydrogen-bond donors (Lipinski definition) is 3. The molecule has 150 valence electrons. The fourth-order valence-electron chi connectivity index (χ4n) is 3.27. The molecule has 7 nitrogen and oxygen atoms in total. The first kappa shape index (κ1) is 21.2. The number of carboxylic acid groups (broad SMARTS) is 1. The second-order valence-electron chi connectivity index (χ2n) is 7.48. The summed E-state index contributed by atoms with van der Waals surface area (Å²) in [5.41, 5.74) is 2.36. The van der Waals surface area contributed by atoms with Crippen molar-refractivity contribution in [1.29, 1.82) is 0 Å². The number of carbonyl (C=O) groups excluding carboxylic acids is 1. The molecule has 1 aliphatic carbocycles. The molecule has 0 radical (unpaired) electrons. The van der Waals surface area contributed by atoms with Gasteiger partial charge in [0, 0.05) is 25.2 Å². The highest BCUT2D eigenvalue weighted by atomic mass is 16.4. The van der Waals surface area contributed by atoms with Crippen LogP contribution in [0.4, 0.5) is 4.79 Å². The molecule has 1 aromatic carbocycles. The van der Waals surface area contributed by atoms with Crippen LogP contribution in [-0.2, 0) is 17.8 Å². The highest BCUT2D eigenvalue weighted by Gasteiger charge is 2.34. The van der Waals surface area contributed by atoms with Gasteiger partial charge in [-0.25, -0.2) is 4.79 Å². The number of nitrogens with one attached hydrogen (secondary N) is 2. The average molecular weight is 377 g/mol. The zero-order valence-electron chi connectivity index (χ0n) is 16.6. The standard InChI is InChI=1S/C20H32N4O3/c1-4-24(14-19(25)26)18-11-17(12-18)22-20(27)21-13-16-7-5-15(6-8-16)9-10-23(2)3/h5-8,17-18H,4,9-14H2,1-3H3,(H,25,26)(H2,21,22,27). The number of urea groups is 1. The van der Waals surface area contributed by atoms with Crippen molar-refractivity contribution >= 4 is 12.0 Å². The van der Waals surface area contributed by atoms with Gasteiger partial charge in [0.15, 0.2) is 0 Å². The van der Waals surface area contributed by atoms with Gasteiger partial charge in [-0.3, -0.25) is 9.69 Å². The maximum absolute atomic E-state index is 12.1. The predicted octanol–water partition coefficient (Wildman–Crippen LogP) is 1.53. The van der Waals surface area contributed by atoms with E-state index in [4.69, 9.17) is 5.11 Å². The van der Waals surface area contributed by atoms with E-state index in [1.165, 1.54) is 5.56 Å². The lowest BCUT2D eigenvalue weighted by Gasteiger charge is -2.42. The Kier molecular flexibility index (Phi) is 8.06. The minimum absolute atomic E-state index is 0.0601. The van der Waals surface area contributed by atoms with Gasteiger partial charge in [-0.1, -0.05) is 31.2 Å². The minimum atomic E-state index is -0.807. The Balaban J connectivity index is 1.66. The normalized spacial score (nSPS) is 19.0. The van der Waals surface area contributed by atoms with E-state index in [-0.39, 0.29) is 24.7 Å². The van der Waals surface area contributed by atoms with E-state index in [0.717, 1.165) is 31.4 Å². The summed E-state index contributed by atoms with van der Waals surface area (Å²) in [5.74, 6) is -0.807. The molecule has 0 saturated heterocycles. The van der Waals surface area contributed by atoms with Crippen LogP contribution < -0.4 is 10.6 Å². The summed E-state index contributed by atoms with van der Waals surface area (Å²) in [6.07, 6.45) is 2.62. The van der Waals surface area contributed by atoms with Crippen molar-refractivity contribution in [2.75, 3.05) is 33.7 Å². The van der Waals surface area contributed by atoms with Crippen molar-refractivity contribution in [3.8, 4) is 0 Å². The largest absolute Gasteiger partial charge is 0.480 e. The van der Waals surface area contributed by atoms with E-state index < -0.39 is 5.97 Å². The van der Waals surface area contributed by atoms with Crippen molar-refractivity contribution < 1.29 is 14.7 Å². The van der Waals surface area contributed by atoms with Crippen LogP contribution in [-0.4, -0.2) is 72.7 Å². The SMILES string of the molecule is CCN(CC(=O)O)C1CC(NC(=O)NCc2ccc(CCN(C)C)cc2)C1. The lowest BCUT2D eigenvalue weighted by Crippen LogP contribution is -2.56. The molecular formula is C20H32N4O3. The number of nitrogens with zero attached hydrogens (tertiary/aromatic N) is 2. The molecule has 2 rings (SSSR count). The maximum Gasteiger partial charge on any atom is 0.317 e. The molecular weight excluding hydrogens is 344 g/mol. The summed E-state index contributed by atoms with van der Waals surface area (Å²) in [4.78, 5) is 27.0.